The number of nitrogens with zero attached hydrogens (tertiary/aromatic N) is 1. The lowest BCUT2D eigenvalue weighted by atomic mass is 9.80. The number of imide groups is 1. The monoisotopic (exact) mass is 444 g/mol. The third-order valence-electron chi connectivity index (χ3n) is 6.98. The second-order valence-corrected chi connectivity index (χ2v) is 8.78. The summed E-state index contributed by atoms with van der Waals surface area (Å²) in [6, 6.07) is 19.9. The van der Waals surface area contributed by atoms with Crippen LogP contribution in [0.1, 0.15) is 24.1 Å². The summed E-state index contributed by atoms with van der Waals surface area (Å²) < 4.78 is 5.49. The molecule has 0 aliphatic carbocycles. The summed E-state index contributed by atoms with van der Waals surface area (Å²) in [5.74, 6) is -3.09. The summed E-state index contributed by atoms with van der Waals surface area (Å²) in [6.45, 7) is 1.62. The van der Waals surface area contributed by atoms with Gasteiger partial charge in [0.2, 0.25) is 11.8 Å². The summed E-state index contributed by atoms with van der Waals surface area (Å²) in [4.78, 5) is 40.6. The molecule has 2 N–H and O–H groups in total. The standard InChI is InChI=1S/C26H24N2O5/c1-26(25(31)32)21-20(23(29)28(24(21)30)14-15-8-4-3-5-9-15)22(27-26)18-12-13-19(33-2)17-11-7-6-10-16(17)18/h3-13,20-22,27H,14H2,1-2H3,(H,31,32). The van der Waals surface area contributed by atoms with Crippen LogP contribution in [0.2, 0.25) is 0 Å². The minimum absolute atomic E-state index is 0.122. The van der Waals surface area contributed by atoms with Gasteiger partial charge < -0.3 is 9.84 Å². The van der Waals surface area contributed by atoms with E-state index >= 15 is 0 Å². The number of amides is 2. The molecule has 2 saturated heterocycles. The summed E-state index contributed by atoms with van der Waals surface area (Å²) in [7, 11) is 1.59. The van der Waals surface area contributed by atoms with E-state index in [4.69, 9.17) is 4.74 Å². The Morgan fingerprint density at radius 2 is 1.67 bits per heavy atom. The maximum atomic E-state index is 13.6. The zero-order valence-corrected chi connectivity index (χ0v) is 18.3. The molecule has 4 atom stereocenters. The molecule has 0 saturated carbocycles. The number of rotatable bonds is 5. The molecule has 0 spiro atoms. The summed E-state index contributed by atoms with van der Waals surface area (Å²) in [6.07, 6.45) is 0. The average molecular weight is 444 g/mol. The number of fused-ring (bicyclic) bond motifs is 2. The SMILES string of the molecule is COc1ccc(C2NC(C)(C(=O)O)C3C(=O)N(Cc4ccccc4)C(=O)C23)c2ccccc12. The number of carboxylic acid groups (broad SMARTS) is 1. The molecule has 0 bridgehead atoms. The Morgan fingerprint density at radius 1 is 1.00 bits per heavy atom. The number of methoxy groups -OCH3 is 1. The van der Waals surface area contributed by atoms with E-state index in [1.807, 2.05) is 66.7 Å². The Morgan fingerprint density at radius 3 is 2.33 bits per heavy atom. The Balaban J connectivity index is 1.62. The quantitative estimate of drug-likeness (QED) is 0.587. The zero-order chi connectivity index (χ0) is 23.3. The Kier molecular flexibility index (Phi) is 4.94. The summed E-state index contributed by atoms with van der Waals surface area (Å²) >= 11 is 0. The molecule has 33 heavy (non-hydrogen) atoms. The first kappa shape index (κ1) is 21.2. The van der Waals surface area contributed by atoms with Crippen molar-refractivity contribution in [1.82, 2.24) is 10.2 Å². The van der Waals surface area contributed by atoms with Gasteiger partial charge in [0.25, 0.3) is 0 Å². The van der Waals surface area contributed by atoms with Crippen LogP contribution in [0.5, 0.6) is 5.75 Å². The number of benzene rings is 3. The average Bonchev–Trinajstić information content (AvgIpc) is 3.28. The molecule has 4 unspecified atom stereocenters. The first-order valence-corrected chi connectivity index (χ1v) is 10.8. The fourth-order valence-corrected chi connectivity index (χ4v) is 5.33. The highest BCUT2D eigenvalue weighted by molar-refractivity contribution is 6.09. The smallest absolute Gasteiger partial charge is 0.324 e. The van der Waals surface area contributed by atoms with Crippen LogP contribution >= 0.6 is 0 Å². The van der Waals surface area contributed by atoms with E-state index < -0.39 is 35.3 Å². The van der Waals surface area contributed by atoms with Gasteiger partial charge in [0, 0.05) is 11.4 Å². The number of carbonyl (C=O) groups excluding carboxylic acids is 2. The number of likely N-dealkylation sites (tertiary alicyclic amines) is 1. The lowest BCUT2D eigenvalue weighted by Crippen LogP contribution is -2.53. The van der Waals surface area contributed by atoms with Crippen LogP contribution in [0.4, 0.5) is 0 Å². The van der Waals surface area contributed by atoms with E-state index in [0.29, 0.717) is 5.75 Å². The zero-order valence-electron chi connectivity index (χ0n) is 18.3. The van der Waals surface area contributed by atoms with Crippen molar-refractivity contribution in [3.63, 3.8) is 0 Å². The van der Waals surface area contributed by atoms with Crippen LogP contribution in [0.25, 0.3) is 10.8 Å². The number of nitrogens with one attached hydrogen (secondary N) is 1. The first-order valence-electron chi connectivity index (χ1n) is 10.8. The van der Waals surface area contributed by atoms with Crippen molar-refractivity contribution in [2.75, 3.05) is 7.11 Å². The van der Waals surface area contributed by atoms with Gasteiger partial charge >= 0.3 is 5.97 Å². The van der Waals surface area contributed by atoms with E-state index in [1.54, 1.807) is 7.11 Å². The molecule has 2 heterocycles. The Labute approximate surface area is 191 Å². The van der Waals surface area contributed by atoms with Gasteiger partial charge in [-0.25, -0.2) is 0 Å². The molecule has 0 radical (unpaired) electrons. The van der Waals surface area contributed by atoms with Gasteiger partial charge in [0.05, 0.1) is 25.5 Å². The highest BCUT2D eigenvalue weighted by Gasteiger charge is 2.66. The van der Waals surface area contributed by atoms with Gasteiger partial charge in [-0.3, -0.25) is 24.6 Å². The minimum atomic E-state index is -1.57. The molecule has 0 aromatic heterocycles. The molecule has 7 heteroatoms. The van der Waals surface area contributed by atoms with Crippen molar-refractivity contribution in [3.8, 4) is 5.75 Å². The van der Waals surface area contributed by atoms with E-state index in [2.05, 4.69) is 5.32 Å². The van der Waals surface area contributed by atoms with E-state index in [9.17, 15) is 19.5 Å². The fourth-order valence-electron chi connectivity index (χ4n) is 5.33. The lowest BCUT2D eigenvalue weighted by Gasteiger charge is -2.27. The van der Waals surface area contributed by atoms with Crippen molar-refractivity contribution in [2.45, 2.75) is 25.0 Å². The van der Waals surface area contributed by atoms with Crippen molar-refractivity contribution in [3.05, 3.63) is 77.9 Å². The van der Waals surface area contributed by atoms with Crippen LogP contribution in [0.15, 0.2) is 66.7 Å². The van der Waals surface area contributed by atoms with Crippen LogP contribution in [-0.2, 0) is 20.9 Å². The highest BCUT2D eigenvalue weighted by Crippen LogP contribution is 2.50. The van der Waals surface area contributed by atoms with Crippen LogP contribution < -0.4 is 10.1 Å². The number of ether oxygens (including phenoxy) is 1. The lowest BCUT2D eigenvalue weighted by molar-refractivity contribution is -0.150. The van der Waals surface area contributed by atoms with E-state index in [-0.39, 0.29) is 12.5 Å². The van der Waals surface area contributed by atoms with Gasteiger partial charge in [-0.05, 0) is 29.5 Å². The maximum Gasteiger partial charge on any atom is 0.324 e. The van der Waals surface area contributed by atoms with Gasteiger partial charge in [-0.15, -0.1) is 0 Å². The maximum absolute atomic E-state index is 13.6. The molecule has 2 aliphatic heterocycles. The first-order chi connectivity index (χ1) is 15.9. The van der Waals surface area contributed by atoms with Gasteiger partial charge in [-0.1, -0.05) is 60.7 Å². The van der Waals surface area contributed by atoms with Gasteiger partial charge in [-0.2, -0.15) is 0 Å². The molecule has 3 aromatic rings. The normalized spacial score (nSPS) is 26.6. The molecule has 3 aromatic carbocycles. The fraction of sp³-hybridized carbons (Fsp3) is 0.269. The number of aliphatic carboxylic acids is 1. The third kappa shape index (κ3) is 3.11. The molecular formula is C26H24N2O5. The summed E-state index contributed by atoms with van der Waals surface area (Å²) in [5.41, 5.74) is 0.0128. The van der Waals surface area contributed by atoms with Crippen molar-refractivity contribution < 1.29 is 24.2 Å². The largest absolute Gasteiger partial charge is 0.496 e. The third-order valence-corrected chi connectivity index (χ3v) is 6.98. The van der Waals surface area contributed by atoms with Gasteiger partial charge in [0.1, 0.15) is 11.3 Å². The molecule has 168 valence electrons. The van der Waals surface area contributed by atoms with Crippen molar-refractivity contribution in [2.24, 2.45) is 11.8 Å². The topological polar surface area (TPSA) is 95.9 Å². The van der Waals surface area contributed by atoms with Crippen LogP contribution in [0.3, 0.4) is 0 Å². The number of hydrogen-bond acceptors (Lipinski definition) is 5. The van der Waals surface area contributed by atoms with Crippen molar-refractivity contribution >= 4 is 28.6 Å². The minimum Gasteiger partial charge on any atom is -0.496 e. The number of carbonyl (C=O) groups is 3. The Hall–Kier alpha value is -3.71. The molecule has 2 amide bonds. The number of carboxylic acids is 1. The van der Waals surface area contributed by atoms with Crippen molar-refractivity contribution in [1.29, 1.82) is 0 Å². The molecule has 5 rings (SSSR count). The molecular weight excluding hydrogens is 420 g/mol. The van der Waals surface area contributed by atoms with Gasteiger partial charge in [0.15, 0.2) is 0 Å². The Bertz CT molecular complexity index is 1270. The number of hydrogen-bond donors (Lipinski definition) is 2. The molecule has 2 fully saturated rings. The predicted octanol–water partition coefficient (Wildman–Crippen LogP) is 3.14. The van der Waals surface area contributed by atoms with E-state index in [0.717, 1.165) is 21.9 Å². The molecule has 2 aliphatic rings. The second-order valence-electron chi connectivity index (χ2n) is 8.78. The molecule has 7 nitrogen and oxygen atoms in total. The van der Waals surface area contributed by atoms with Crippen LogP contribution in [0, 0.1) is 11.8 Å². The van der Waals surface area contributed by atoms with Crippen LogP contribution in [-0.4, -0.2) is 40.4 Å². The second kappa shape index (κ2) is 7.71. The summed E-state index contributed by atoms with van der Waals surface area (Å²) in [5, 5.41) is 15.0. The highest BCUT2D eigenvalue weighted by atomic mass is 16.5. The van der Waals surface area contributed by atoms with E-state index in [1.165, 1.54) is 11.8 Å². The predicted molar refractivity (Wildman–Crippen MR) is 121 cm³/mol.